The van der Waals surface area contributed by atoms with E-state index in [1.54, 1.807) is 0 Å². The molecule has 1 aromatic heterocycles. The van der Waals surface area contributed by atoms with E-state index in [9.17, 15) is 0 Å². The fourth-order valence-electron chi connectivity index (χ4n) is 11.3. The third kappa shape index (κ3) is 9.37. The van der Waals surface area contributed by atoms with Crippen LogP contribution < -0.4 is 0 Å². The zero-order valence-electron chi connectivity index (χ0n) is 44.5. The molecule has 0 aliphatic rings. The van der Waals surface area contributed by atoms with Crippen molar-refractivity contribution in [3.63, 3.8) is 0 Å². The van der Waals surface area contributed by atoms with Crippen molar-refractivity contribution in [3.8, 4) is 34.2 Å². The number of hydrogen-bond donors (Lipinski definition) is 0. The molecule has 0 fully saturated rings. The fraction of sp³-hybridized carbons (Fsp3) is 0. The van der Waals surface area contributed by atoms with E-state index in [-0.39, 0.29) is 0 Å². The molecule has 390 valence electrons. The van der Waals surface area contributed by atoms with Crippen molar-refractivity contribution < 1.29 is 0 Å². The van der Waals surface area contributed by atoms with Gasteiger partial charge in [0.2, 0.25) is 0 Å². The van der Waals surface area contributed by atoms with Crippen molar-refractivity contribution in [2.75, 3.05) is 0 Å². The van der Waals surface area contributed by atoms with Crippen LogP contribution in [-0.2, 0) is 0 Å². The highest BCUT2D eigenvalue weighted by Crippen LogP contribution is 2.76. The van der Waals surface area contributed by atoms with Gasteiger partial charge in [-0.15, -0.1) is 30.1 Å². The Labute approximate surface area is 480 Å². The zero-order valence-corrected chi connectivity index (χ0v) is 46.9. The maximum atomic E-state index is 5.40. The maximum absolute atomic E-state index is 5.40. The van der Waals surface area contributed by atoms with Gasteiger partial charge in [0.05, 0.1) is 0 Å². The minimum absolute atomic E-state index is 0.602. The molecule has 0 atom stereocenters. The summed E-state index contributed by atoms with van der Waals surface area (Å²) in [6.45, 7) is 0. The summed E-state index contributed by atoms with van der Waals surface area (Å²) in [6, 6.07) is 126. The molecule has 0 unspecified atom stereocenters. The summed E-state index contributed by atoms with van der Waals surface area (Å²) >= 11 is 0. The van der Waals surface area contributed by atoms with Crippen LogP contribution in [0.3, 0.4) is 0 Å². The summed E-state index contributed by atoms with van der Waals surface area (Å²) < 4.78 is 0. The molecule has 0 saturated carbocycles. The SMILES string of the molecule is c1ccc(S(c2ccccc2)(c2ccccc2)c2ccc(-c3nc(-c4ccc(S(c5ccccc5)(c5ccccc5)c5ccccc5)cc4)nc(-c4ccc(S(c5ccccc5)(c5ccccc5)c5ccccc5)cc4)n3)cc2)cc1. The highest BCUT2D eigenvalue weighted by atomic mass is 32.3. The molecule has 0 aliphatic carbocycles. The van der Waals surface area contributed by atoms with Crippen LogP contribution in [-0.4, -0.2) is 15.0 Å². The van der Waals surface area contributed by atoms with E-state index in [0.29, 0.717) is 17.5 Å². The highest BCUT2D eigenvalue weighted by Gasteiger charge is 2.36. The summed E-state index contributed by atoms with van der Waals surface area (Å²) in [6.07, 6.45) is 0. The van der Waals surface area contributed by atoms with Crippen molar-refractivity contribution >= 4 is 30.1 Å². The highest BCUT2D eigenvalue weighted by molar-refractivity contribution is 8.34. The molecule has 0 amide bonds. The van der Waals surface area contributed by atoms with E-state index in [1.807, 2.05) is 0 Å². The van der Waals surface area contributed by atoms with Crippen LogP contribution in [0.2, 0.25) is 0 Å². The number of nitrogens with zero attached hydrogens (tertiary/aromatic N) is 3. The Hall–Kier alpha value is -9.30. The van der Waals surface area contributed by atoms with E-state index in [1.165, 1.54) is 58.7 Å². The Morgan fingerprint density at radius 3 is 0.395 bits per heavy atom. The minimum atomic E-state index is -1.92. The minimum Gasteiger partial charge on any atom is -0.208 e. The third-order valence-electron chi connectivity index (χ3n) is 14.9. The van der Waals surface area contributed by atoms with Crippen molar-refractivity contribution in [3.05, 3.63) is 346 Å². The van der Waals surface area contributed by atoms with E-state index in [2.05, 4.69) is 346 Å². The summed E-state index contributed by atoms with van der Waals surface area (Å²) in [5.74, 6) is 1.81. The van der Waals surface area contributed by atoms with E-state index < -0.39 is 30.1 Å². The molecule has 13 rings (SSSR count). The van der Waals surface area contributed by atoms with Gasteiger partial charge in [0.1, 0.15) is 0 Å². The topological polar surface area (TPSA) is 38.7 Å². The summed E-state index contributed by atoms with van der Waals surface area (Å²) in [4.78, 5) is 31.3. The van der Waals surface area contributed by atoms with Gasteiger partial charge in [0.25, 0.3) is 0 Å². The van der Waals surface area contributed by atoms with Gasteiger partial charge in [-0.05, 0) is 146 Å². The Morgan fingerprint density at radius 2 is 0.259 bits per heavy atom. The van der Waals surface area contributed by atoms with E-state index in [4.69, 9.17) is 15.0 Å². The predicted octanol–water partition coefficient (Wildman–Crippen LogP) is 20.9. The third-order valence-corrected chi connectivity index (χ3v) is 26.7. The van der Waals surface area contributed by atoms with Crippen LogP contribution in [0.5, 0.6) is 0 Å². The molecule has 0 saturated heterocycles. The van der Waals surface area contributed by atoms with Gasteiger partial charge in [-0.25, -0.2) is 15.0 Å². The Morgan fingerprint density at radius 1 is 0.136 bits per heavy atom. The fourth-order valence-corrected chi connectivity index (χ4v) is 22.9. The van der Waals surface area contributed by atoms with Gasteiger partial charge in [0, 0.05) is 75.4 Å². The van der Waals surface area contributed by atoms with Gasteiger partial charge >= 0.3 is 0 Å². The lowest BCUT2D eigenvalue weighted by Crippen LogP contribution is -2.06. The Bertz CT molecular complexity index is 3410. The molecule has 0 radical (unpaired) electrons. The summed E-state index contributed by atoms with van der Waals surface area (Å²) in [5.41, 5.74) is 2.71. The van der Waals surface area contributed by atoms with Crippen molar-refractivity contribution in [1.29, 1.82) is 0 Å². The van der Waals surface area contributed by atoms with Crippen LogP contribution >= 0.6 is 30.1 Å². The van der Waals surface area contributed by atoms with Crippen LogP contribution in [0, 0.1) is 0 Å². The van der Waals surface area contributed by atoms with Gasteiger partial charge < -0.3 is 0 Å². The number of benzene rings is 12. The molecule has 0 spiro atoms. The molecular weight excluding hydrogens is 1040 g/mol. The molecule has 81 heavy (non-hydrogen) atoms. The number of rotatable bonds is 15. The quantitative estimate of drug-likeness (QED) is 0.103. The van der Waals surface area contributed by atoms with Gasteiger partial charge in [0.15, 0.2) is 17.5 Å². The van der Waals surface area contributed by atoms with Crippen molar-refractivity contribution in [2.45, 2.75) is 58.7 Å². The second kappa shape index (κ2) is 22.8. The second-order valence-corrected chi connectivity index (χ2v) is 28.9. The maximum Gasteiger partial charge on any atom is 0.164 e. The first-order valence-corrected chi connectivity index (χ1v) is 32.1. The average Bonchev–Trinajstić information content (AvgIpc) is 3.64. The molecule has 13 aromatic rings. The Kier molecular flexibility index (Phi) is 14.4. The molecule has 6 heteroatoms. The van der Waals surface area contributed by atoms with E-state index >= 15 is 0 Å². The standard InChI is InChI=1S/C75H57N3S3/c1-10-28-61(29-11-1)79(62-30-12-2-13-31-62,63-32-14-3-15-33-63)70-52-46-58(47-53-70)73-76-74(59-48-54-71(55-49-59)80(64-34-16-4-17-35-64,65-36-18-5-19-37-65)66-38-20-6-21-39-66)78-75(77-73)60-50-56-72(57-51-60)81(67-40-22-7-23-41-67,68-42-24-8-25-43-68)69-44-26-9-27-45-69/h1-57H. The smallest absolute Gasteiger partial charge is 0.164 e. The average molecular weight is 1100 g/mol. The number of aromatic nitrogens is 3. The number of hydrogen-bond acceptors (Lipinski definition) is 3. The first kappa shape index (κ1) is 51.2. The molecule has 0 N–H and O–H groups in total. The van der Waals surface area contributed by atoms with Gasteiger partial charge in [-0.1, -0.05) is 200 Å². The molecule has 1 heterocycles. The van der Waals surface area contributed by atoms with E-state index in [0.717, 1.165) is 16.7 Å². The molecule has 3 nitrogen and oxygen atoms in total. The van der Waals surface area contributed by atoms with Crippen molar-refractivity contribution in [1.82, 2.24) is 15.0 Å². The van der Waals surface area contributed by atoms with Gasteiger partial charge in [-0.2, -0.15) is 0 Å². The first-order chi connectivity index (χ1) is 40.2. The first-order valence-electron chi connectivity index (χ1n) is 27.2. The van der Waals surface area contributed by atoms with Crippen molar-refractivity contribution in [2.24, 2.45) is 0 Å². The monoisotopic (exact) mass is 1100 g/mol. The lowest BCUT2D eigenvalue weighted by atomic mass is 10.1. The largest absolute Gasteiger partial charge is 0.208 e. The lowest BCUT2D eigenvalue weighted by molar-refractivity contribution is 1.07. The van der Waals surface area contributed by atoms with Crippen LogP contribution in [0.4, 0.5) is 0 Å². The summed E-state index contributed by atoms with van der Waals surface area (Å²) in [7, 11) is -5.75. The van der Waals surface area contributed by atoms with Crippen LogP contribution in [0.25, 0.3) is 34.2 Å². The van der Waals surface area contributed by atoms with Crippen LogP contribution in [0.1, 0.15) is 0 Å². The summed E-state index contributed by atoms with van der Waals surface area (Å²) in [5, 5.41) is 0. The lowest BCUT2D eigenvalue weighted by Gasteiger charge is -2.42. The molecule has 12 aromatic carbocycles. The second-order valence-electron chi connectivity index (χ2n) is 19.5. The molecule has 0 bridgehead atoms. The Balaban J connectivity index is 0.984. The van der Waals surface area contributed by atoms with Crippen LogP contribution in [0.15, 0.2) is 405 Å². The molecule has 0 aliphatic heterocycles. The van der Waals surface area contributed by atoms with Gasteiger partial charge in [-0.3, -0.25) is 0 Å². The predicted molar refractivity (Wildman–Crippen MR) is 336 cm³/mol. The zero-order chi connectivity index (χ0) is 54.3. The molecular formula is C75H57N3S3. The normalized spacial score (nSPS) is 12.3.